The van der Waals surface area contributed by atoms with Gasteiger partial charge >= 0.3 is 11.9 Å². The van der Waals surface area contributed by atoms with Gasteiger partial charge in [-0.1, -0.05) is 51.0 Å². The standard InChI is InChI=1S/C30H42O5/c1-17-14-30(15-18(2)26(32)35-30)33-23-16-29(6)22-9-8-21-19(7-10-24(31)34-27(21,3)4)13-20(22)11-12-28(29,5)25(17)23/h7,11,17-18,21-23,25H,8-10,12-16H2,1-6H3. The third kappa shape index (κ3) is 3.29. The summed E-state index contributed by atoms with van der Waals surface area (Å²) < 4.78 is 18.6. The maximum atomic E-state index is 12.3. The zero-order chi connectivity index (χ0) is 25.0. The van der Waals surface area contributed by atoms with Crippen molar-refractivity contribution in [1.82, 2.24) is 0 Å². The van der Waals surface area contributed by atoms with Crippen molar-refractivity contribution < 1.29 is 23.8 Å². The first kappa shape index (κ1) is 23.8. The average molecular weight is 483 g/mol. The average Bonchev–Trinajstić information content (AvgIpc) is 2.99. The summed E-state index contributed by atoms with van der Waals surface area (Å²) in [5.74, 6) is 0.685. The van der Waals surface area contributed by atoms with E-state index in [4.69, 9.17) is 14.2 Å². The van der Waals surface area contributed by atoms with Crippen LogP contribution in [0.25, 0.3) is 0 Å². The van der Waals surface area contributed by atoms with Gasteiger partial charge in [0.25, 0.3) is 0 Å². The summed E-state index contributed by atoms with van der Waals surface area (Å²) >= 11 is 0. The van der Waals surface area contributed by atoms with Crippen LogP contribution in [0.4, 0.5) is 0 Å². The quantitative estimate of drug-likeness (QED) is 0.307. The van der Waals surface area contributed by atoms with Gasteiger partial charge in [0.05, 0.1) is 18.4 Å². The Morgan fingerprint density at radius 1 is 0.857 bits per heavy atom. The molecular weight excluding hydrogens is 440 g/mol. The van der Waals surface area contributed by atoms with Crippen LogP contribution in [-0.2, 0) is 23.8 Å². The van der Waals surface area contributed by atoms with E-state index in [0.717, 1.165) is 38.5 Å². The van der Waals surface area contributed by atoms with E-state index in [2.05, 4.69) is 46.8 Å². The smallest absolute Gasteiger partial charge is 0.311 e. The second kappa shape index (κ2) is 7.46. The summed E-state index contributed by atoms with van der Waals surface area (Å²) in [6.07, 6.45) is 12.0. The van der Waals surface area contributed by atoms with E-state index in [-0.39, 0.29) is 40.7 Å². The van der Waals surface area contributed by atoms with Crippen LogP contribution in [-0.4, -0.2) is 29.4 Å². The molecule has 3 aliphatic heterocycles. The van der Waals surface area contributed by atoms with Crippen molar-refractivity contribution in [3.63, 3.8) is 0 Å². The SMILES string of the molecule is CC1CC2(CC(C)C3C(CC4(C)C5CCC6C(=CCC(=O)OC6(C)C)CC5=CCC34C)O2)OC1=O. The molecule has 2 saturated carbocycles. The molecule has 0 aromatic rings. The van der Waals surface area contributed by atoms with Gasteiger partial charge in [-0.2, -0.15) is 0 Å². The predicted octanol–water partition coefficient (Wildman–Crippen LogP) is 6.12. The van der Waals surface area contributed by atoms with Gasteiger partial charge in [0.1, 0.15) is 5.60 Å². The van der Waals surface area contributed by atoms with Gasteiger partial charge in [0.15, 0.2) is 0 Å². The molecule has 35 heavy (non-hydrogen) atoms. The van der Waals surface area contributed by atoms with Gasteiger partial charge in [-0.3, -0.25) is 9.59 Å². The Bertz CT molecular complexity index is 1020. The molecular formula is C30H42O5. The topological polar surface area (TPSA) is 61.8 Å². The Morgan fingerprint density at radius 3 is 2.29 bits per heavy atom. The normalized spacial score (nSPS) is 50.5. The fourth-order valence-corrected chi connectivity index (χ4v) is 9.70. The van der Waals surface area contributed by atoms with E-state index in [0.29, 0.717) is 30.6 Å². The van der Waals surface area contributed by atoms with E-state index in [1.807, 2.05) is 6.92 Å². The van der Waals surface area contributed by atoms with Gasteiger partial charge in [-0.05, 0) is 74.5 Å². The van der Waals surface area contributed by atoms with E-state index >= 15 is 0 Å². The maximum Gasteiger partial charge on any atom is 0.311 e. The highest BCUT2D eigenvalue weighted by atomic mass is 16.7. The Balaban J connectivity index is 1.33. The Morgan fingerprint density at radius 2 is 1.57 bits per heavy atom. The molecule has 5 heteroatoms. The lowest BCUT2D eigenvalue weighted by atomic mass is 9.50. The molecule has 6 rings (SSSR count). The number of rotatable bonds is 0. The van der Waals surface area contributed by atoms with Crippen LogP contribution < -0.4 is 0 Å². The van der Waals surface area contributed by atoms with Crippen molar-refractivity contribution in [3.05, 3.63) is 23.3 Å². The number of hydrogen-bond acceptors (Lipinski definition) is 5. The lowest BCUT2D eigenvalue weighted by molar-refractivity contribution is -0.275. The number of carbonyl (C=O) groups is 2. The predicted molar refractivity (Wildman–Crippen MR) is 132 cm³/mol. The molecule has 0 N–H and O–H groups in total. The van der Waals surface area contributed by atoms with Crippen LogP contribution >= 0.6 is 0 Å². The lowest BCUT2D eigenvalue weighted by Crippen LogP contribution is -2.51. The van der Waals surface area contributed by atoms with Crippen LogP contribution in [0.15, 0.2) is 23.3 Å². The Kier molecular flexibility index (Phi) is 5.06. The van der Waals surface area contributed by atoms with Crippen LogP contribution in [0, 0.1) is 40.4 Å². The molecule has 5 nitrogen and oxygen atoms in total. The summed E-state index contributed by atoms with van der Waals surface area (Å²) in [5, 5.41) is 0. The zero-order valence-electron chi connectivity index (χ0n) is 22.3. The van der Waals surface area contributed by atoms with Crippen LogP contribution in [0.2, 0.25) is 0 Å². The van der Waals surface area contributed by atoms with Crippen molar-refractivity contribution in [3.8, 4) is 0 Å². The number of ether oxygens (including phenoxy) is 3. The van der Waals surface area contributed by atoms with Gasteiger partial charge in [-0.15, -0.1) is 0 Å². The number of cyclic esters (lactones) is 1. The van der Waals surface area contributed by atoms with Gasteiger partial charge in [0, 0.05) is 18.8 Å². The summed E-state index contributed by atoms with van der Waals surface area (Å²) in [7, 11) is 0. The first-order chi connectivity index (χ1) is 16.4. The third-order valence-electron chi connectivity index (χ3n) is 11.3. The third-order valence-corrected chi connectivity index (χ3v) is 11.3. The van der Waals surface area contributed by atoms with E-state index in [1.165, 1.54) is 5.57 Å². The number of hydrogen-bond donors (Lipinski definition) is 0. The molecule has 3 aliphatic carbocycles. The minimum absolute atomic E-state index is 0.0816. The number of fused-ring (bicyclic) bond motifs is 6. The molecule has 4 fully saturated rings. The Labute approximate surface area is 210 Å². The van der Waals surface area contributed by atoms with Crippen LogP contribution in [0.1, 0.15) is 92.9 Å². The van der Waals surface area contributed by atoms with E-state index in [9.17, 15) is 9.59 Å². The highest BCUT2D eigenvalue weighted by Gasteiger charge is 2.68. The number of esters is 2. The molecule has 2 saturated heterocycles. The first-order valence-electron chi connectivity index (χ1n) is 13.9. The minimum Gasteiger partial charge on any atom is -0.459 e. The molecule has 9 unspecified atom stereocenters. The molecule has 0 aromatic carbocycles. The van der Waals surface area contributed by atoms with Crippen molar-refractivity contribution in [2.45, 2.75) is 110 Å². The van der Waals surface area contributed by atoms with Crippen LogP contribution in [0.5, 0.6) is 0 Å². The number of carbonyl (C=O) groups excluding carboxylic acids is 2. The molecule has 0 radical (unpaired) electrons. The summed E-state index contributed by atoms with van der Waals surface area (Å²) in [6.45, 7) is 13.5. The minimum atomic E-state index is -0.719. The highest BCUT2D eigenvalue weighted by Crippen LogP contribution is 2.71. The summed E-state index contributed by atoms with van der Waals surface area (Å²) in [6, 6.07) is 0. The van der Waals surface area contributed by atoms with Crippen molar-refractivity contribution in [1.29, 1.82) is 0 Å². The van der Waals surface area contributed by atoms with Gasteiger partial charge < -0.3 is 14.2 Å². The van der Waals surface area contributed by atoms with E-state index < -0.39 is 11.4 Å². The van der Waals surface area contributed by atoms with E-state index in [1.54, 1.807) is 5.57 Å². The van der Waals surface area contributed by atoms with Crippen molar-refractivity contribution in [2.75, 3.05) is 0 Å². The Hall–Kier alpha value is -1.62. The second-order valence-electron chi connectivity index (χ2n) is 13.7. The van der Waals surface area contributed by atoms with Crippen molar-refractivity contribution >= 4 is 11.9 Å². The molecule has 9 atom stereocenters. The largest absolute Gasteiger partial charge is 0.459 e. The molecule has 0 aromatic heterocycles. The molecule has 0 amide bonds. The molecule has 0 bridgehead atoms. The summed E-state index contributed by atoms with van der Waals surface area (Å²) in [5.41, 5.74) is 2.78. The highest BCUT2D eigenvalue weighted by molar-refractivity contribution is 5.74. The van der Waals surface area contributed by atoms with Gasteiger partial charge in [0.2, 0.25) is 5.79 Å². The van der Waals surface area contributed by atoms with Crippen LogP contribution in [0.3, 0.4) is 0 Å². The monoisotopic (exact) mass is 482 g/mol. The molecule has 3 heterocycles. The molecule has 192 valence electrons. The maximum absolute atomic E-state index is 12.3. The fraction of sp³-hybridized carbons (Fsp3) is 0.800. The lowest BCUT2D eigenvalue weighted by Gasteiger charge is -2.54. The van der Waals surface area contributed by atoms with Crippen molar-refractivity contribution in [2.24, 2.45) is 40.4 Å². The zero-order valence-corrected chi connectivity index (χ0v) is 22.3. The fourth-order valence-electron chi connectivity index (χ4n) is 9.70. The first-order valence-corrected chi connectivity index (χ1v) is 13.9. The molecule has 6 aliphatic rings. The van der Waals surface area contributed by atoms with Gasteiger partial charge in [-0.25, -0.2) is 0 Å². The molecule has 1 spiro atoms. The summed E-state index contributed by atoms with van der Waals surface area (Å²) in [4.78, 5) is 24.6. The number of allylic oxidation sites excluding steroid dienone is 2. The second-order valence-corrected chi connectivity index (χ2v) is 13.7.